The van der Waals surface area contributed by atoms with E-state index < -0.39 is 0 Å². The molecule has 0 saturated heterocycles. The molecule has 1 heterocycles. The van der Waals surface area contributed by atoms with Gasteiger partial charge in [-0.1, -0.05) is 6.07 Å². The van der Waals surface area contributed by atoms with E-state index in [9.17, 15) is 4.79 Å². The van der Waals surface area contributed by atoms with E-state index in [0.29, 0.717) is 17.8 Å². The van der Waals surface area contributed by atoms with Gasteiger partial charge in [-0.15, -0.1) is 11.3 Å². The van der Waals surface area contributed by atoms with Gasteiger partial charge in [-0.25, -0.2) is 0 Å². The molecule has 3 nitrogen and oxygen atoms in total. The van der Waals surface area contributed by atoms with Crippen molar-refractivity contribution in [3.8, 4) is 0 Å². The lowest BCUT2D eigenvalue weighted by Gasteiger charge is -2.06. The van der Waals surface area contributed by atoms with Crippen LogP contribution in [0.5, 0.6) is 0 Å². The van der Waals surface area contributed by atoms with Gasteiger partial charge in [0.25, 0.3) is 5.91 Å². The Balaban J connectivity index is 1.91. The number of carbonyl (C=O) groups excluding carboxylic acids is 1. The van der Waals surface area contributed by atoms with Crippen LogP contribution in [0.1, 0.15) is 20.8 Å². The normalized spacial score (nSPS) is 10.3. The summed E-state index contributed by atoms with van der Waals surface area (Å²) in [6, 6.07) is 9.48. The first-order chi connectivity index (χ1) is 8.65. The first-order valence-corrected chi connectivity index (χ1v) is 6.71. The summed E-state index contributed by atoms with van der Waals surface area (Å²) in [5.74, 6) is -0.0676. The van der Waals surface area contributed by atoms with Crippen LogP contribution in [0, 0.1) is 6.92 Å². The second-order valence-electron chi connectivity index (χ2n) is 4.22. The highest BCUT2D eigenvalue weighted by molar-refractivity contribution is 7.09. The van der Waals surface area contributed by atoms with Crippen LogP contribution in [0.15, 0.2) is 35.7 Å². The Morgan fingerprint density at radius 1 is 1.39 bits per heavy atom. The zero-order valence-electron chi connectivity index (χ0n) is 10.3. The third-order valence-corrected chi connectivity index (χ3v) is 3.54. The van der Waals surface area contributed by atoms with Crippen LogP contribution >= 0.6 is 11.3 Å². The number of rotatable bonds is 4. The van der Waals surface area contributed by atoms with E-state index in [1.165, 1.54) is 4.88 Å². The molecule has 0 atom stereocenters. The summed E-state index contributed by atoms with van der Waals surface area (Å²) >= 11 is 1.70. The molecule has 0 aliphatic carbocycles. The number of nitrogens with one attached hydrogen (secondary N) is 1. The van der Waals surface area contributed by atoms with Crippen molar-refractivity contribution < 1.29 is 4.79 Å². The summed E-state index contributed by atoms with van der Waals surface area (Å²) in [5, 5.41) is 4.94. The summed E-state index contributed by atoms with van der Waals surface area (Å²) in [5.41, 5.74) is 7.97. The summed E-state index contributed by atoms with van der Waals surface area (Å²) in [7, 11) is 0. The number of thiophene rings is 1. The van der Waals surface area contributed by atoms with Crippen LogP contribution in [-0.2, 0) is 6.42 Å². The fraction of sp³-hybridized carbons (Fsp3) is 0.214. The van der Waals surface area contributed by atoms with E-state index in [1.54, 1.807) is 17.4 Å². The summed E-state index contributed by atoms with van der Waals surface area (Å²) in [6.45, 7) is 2.58. The van der Waals surface area contributed by atoms with Crippen molar-refractivity contribution in [2.75, 3.05) is 12.3 Å². The van der Waals surface area contributed by atoms with Crippen LogP contribution in [0.3, 0.4) is 0 Å². The average molecular weight is 260 g/mol. The third kappa shape index (κ3) is 3.34. The van der Waals surface area contributed by atoms with Crippen molar-refractivity contribution in [1.82, 2.24) is 5.32 Å². The maximum Gasteiger partial charge on any atom is 0.251 e. The Labute approximate surface area is 111 Å². The monoisotopic (exact) mass is 260 g/mol. The number of amides is 1. The number of aryl methyl sites for hydroxylation is 1. The topological polar surface area (TPSA) is 55.1 Å². The molecule has 0 aliphatic heterocycles. The average Bonchev–Trinajstić information content (AvgIpc) is 2.80. The number of nitrogen functional groups attached to an aromatic ring is 1. The van der Waals surface area contributed by atoms with Crippen LogP contribution in [0.2, 0.25) is 0 Å². The highest BCUT2D eigenvalue weighted by atomic mass is 32.1. The van der Waals surface area contributed by atoms with Gasteiger partial charge in [0.2, 0.25) is 0 Å². The number of hydrogen-bond acceptors (Lipinski definition) is 3. The van der Waals surface area contributed by atoms with Gasteiger partial charge in [0, 0.05) is 22.7 Å². The van der Waals surface area contributed by atoms with E-state index in [1.807, 2.05) is 30.5 Å². The van der Waals surface area contributed by atoms with Crippen molar-refractivity contribution in [3.05, 3.63) is 51.7 Å². The molecule has 1 aromatic heterocycles. The number of hydrogen-bond donors (Lipinski definition) is 2. The van der Waals surface area contributed by atoms with Gasteiger partial charge in [-0.05, 0) is 48.6 Å². The second kappa shape index (κ2) is 5.69. The Morgan fingerprint density at radius 2 is 2.22 bits per heavy atom. The van der Waals surface area contributed by atoms with E-state index in [4.69, 9.17) is 5.73 Å². The van der Waals surface area contributed by atoms with Crippen molar-refractivity contribution in [2.45, 2.75) is 13.3 Å². The first kappa shape index (κ1) is 12.6. The molecule has 0 radical (unpaired) electrons. The zero-order valence-corrected chi connectivity index (χ0v) is 11.1. The fourth-order valence-electron chi connectivity index (χ4n) is 1.80. The van der Waals surface area contributed by atoms with Crippen molar-refractivity contribution in [2.24, 2.45) is 0 Å². The standard InChI is InChI=1S/C14H16N2OS/c1-10-7-11(9-12(15)8-10)14(17)16-5-4-13-3-2-6-18-13/h2-3,6-9H,4-5,15H2,1H3,(H,16,17). The largest absolute Gasteiger partial charge is 0.399 e. The molecular weight excluding hydrogens is 244 g/mol. The Kier molecular flexibility index (Phi) is 3.99. The first-order valence-electron chi connectivity index (χ1n) is 5.83. The molecular formula is C14H16N2OS. The van der Waals surface area contributed by atoms with Crippen LogP contribution in [0.25, 0.3) is 0 Å². The van der Waals surface area contributed by atoms with Crippen LogP contribution in [0.4, 0.5) is 5.69 Å². The predicted octanol–water partition coefficient (Wildman–Crippen LogP) is 2.61. The molecule has 2 rings (SSSR count). The number of nitrogens with two attached hydrogens (primary N) is 1. The molecule has 0 fully saturated rings. The maximum atomic E-state index is 11.9. The van der Waals surface area contributed by atoms with Gasteiger partial charge in [-0.3, -0.25) is 4.79 Å². The summed E-state index contributed by atoms with van der Waals surface area (Å²) < 4.78 is 0. The van der Waals surface area contributed by atoms with E-state index in [2.05, 4.69) is 11.4 Å². The summed E-state index contributed by atoms with van der Waals surface area (Å²) in [4.78, 5) is 13.2. The molecule has 0 spiro atoms. The predicted molar refractivity (Wildman–Crippen MR) is 75.9 cm³/mol. The lowest BCUT2D eigenvalue weighted by atomic mass is 10.1. The molecule has 3 N–H and O–H groups in total. The van der Waals surface area contributed by atoms with Gasteiger partial charge in [-0.2, -0.15) is 0 Å². The molecule has 1 aromatic carbocycles. The molecule has 0 unspecified atom stereocenters. The minimum atomic E-state index is -0.0676. The fourth-order valence-corrected chi connectivity index (χ4v) is 2.51. The van der Waals surface area contributed by atoms with Crippen molar-refractivity contribution >= 4 is 22.9 Å². The highest BCUT2D eigenvalue weighted by Gasteiger charge is 2.06. The number of anilines is 1. The molecule has 0 aliphatic rings. The molecule has 18 heavy (non-hydrogen) atoms. The van der Waals surface area contributed by atoms with Gasteiger partial charge in [0.05, 0.1) is 0 Å². The minimum absolute atomic E-state index is 0.0676. The quantitative estimate of drug-likeness (QED) is 0.830. The molecule has 0 saturated carbocycles. The van der Waals surface area contributed by atoms with Crippen molar-refractivity contribution in [1.29, 1.82) is 0 Å². The lowest BCUT2D eigenvalue weighted by molar-refractivity contribution is 0.0954. The SMILES string of the molecule is Cc1cc(N)cc(C(=O)NCCc2cccs2)c1. The number of carbonyl (C=O) groups is 1. The molecule has 1 amide bonds. The lowest BCUT2D eigenvalue weighted by Crippen LogP contribution is -2.25. The number of benzene rings is 1. The summed E-state index contributed by atoms with van der Waals surface area (Å²) in [6.07, 6.45) is 0.866. The zero-order chi connectivity index (χ0) is 13.0. The Bertz CT molecular complexity index is 514. The van der Waals surface area contributed by atoms with Gasteiger partial charge < -0.3 is 11.1 Å². The smallest absolute Gasteiger partial charge is 0.251 e. The van der Waals surface area contributed by atoms with E-state index >= 15 is 0 Å². The molecule has 2 aromatic rings. The Morgan fingerprint density at radius 3 is 2.89 bits per heavy atom. The van der Waals surface area contributed by atoms with E-state index in [0.717, 1.165) is 12.0 Å². The second-order valence-corrected chi connectivity index (χ2v) is 5.25. The molecule has 94 valence electrons. The van der Waals surface area contributed by atoms with Crippen LogP contribution in [-0.4, -0.2) is 12.5 Å². The van der Waals surface area contributed by atoms with Gasteiger partial charge in [0.1, 0.15) is 0 Å². The van der Waals surface area contributed by atoms with Gasteiger partial charge >= 0.3 is 0 Å². The maximum absolute atomic E-state index is 11.9. The third-order valence-electron chi connectivity index (χ3n) is 2.60. The molecule has 0 bridgehead atoms. The van der Waals surface area contributed by atoms with Gasteiger partial charge in [0.15, 0.2) is 0 Å². The Hall–Kier alpha value is -1.81. The van der Waals surface area contributed by atoms with Crippen LogP contribution < -0.4 is 11.1 Å². The van der Waals surface area contributed by atoms with E-state index in [-0.39, 0.29) is 5.91 Å². The van der Waals surface area contributed by atoms with Crippen molar-refractivity contribution in [3.63, 3.8) is 0 Å². The molecule has 4 heteroatoms. The minimum Gasteiger partial charge on any atom is -0.399 e. The highest BCUT2D eigenvalue weighted by Crippen LogP contribution is 2.11.